The Balaban J connectivity index is 2.41. The minimum atomic E-state index is 0.360. The van der Waals surface area contributed by atoms with E-state index >= 15 is 0 Å². The van der Waals surface area contributed by atoms with Gasteiger partial charge in [-0.05, 0) is 31.4 Å². The summed E-state index contributed by atoms with van der Waals surface area (Å²) in [6.45, 7) is 4.84. The van der Waals surface area contributed by atoms with E-state index in [0.717, 1.165) is 23.4 Å². The predicted octanol–water partition coefficient (Wildman–Crippen LogP) is 2.59. The van der Waals surface area contributed by atoms with Gasteiger partial charge in [-0.15, -0.1) is 0 Å². The Kier molecular flexibility index (Phi) is 5.84. The number of aliphatic imine (C=N–C) groups is 1. The van der Waals surface area contributed by atoms with Crippen LogP contribution in [0.3, 0.4) is 0 Å². The minimum Gasteiger partial charge on any atom is -0.370 e. The molecule has 3 N–H and O–H groups in total. The number of halogens is 1. The molecule has 3 nitrogen and oxygen atoms in total. The first-order valence-electron chi connectivity index (χ1n) is 5.93. The van der Waals surface area contributed by atoms with Crippen molar-refractivity contribution in [3.8, 4) is 0 Å². The van der Waals surface area contributed by atoms with Gasteiger partial charge in [0.1, 0.15) is 0 Å². The van der Waals surface area contributed by atoms with Crippen LogP contribution in [0.5, 0.6) is 0 Å². The van der Waals surface area contributed by atoms with E-state index in [4.69, 9.17) is 17.3 Å². The van der Waals surface area contributed by atoms with Crippen LogP contribution in [0, 0.1) is 0 Å². The first-order valence-corrected chi connectivity index (χ1v) is 6.31. The highest BCUT2D eigenvalue weighted by Crippen LogP contribution is 2.15. The first kappa shape index (κ1) is 13.8. The molecule has 0 bridgehead atoms. The molecule has 4 heteroatoms. The van der Waals surface area contributed by atoms with Gasteiger partial charge in [0.25, 0.3) is 0 Å². The van der Waals surface area contributed by atoms with Crippen molar-refractivity contribution in [1.29, 1.82) is 0 Å². The van der Waals surface area contributed by atoms with E-state index < -0.39 is 0 Å². The number of benzene rings is 1. The van der Waals surface area contributed by atoms with Crippen molar-refractivity contribution in [2.75, 3.05) is 6.54 Å². The summed E-state index contributed by atoms with van der Waals surface area (Å²) < 4.78 is 0. The summed E-state index contributed by atoms with van der Waals surface area (Å²) in [7, 11) is 0. The molecule has 1 aromatic carbocycles. The number of guanidine groups is 1. The van der Waals surface area contributed by atoms with Crippen molar-refractivity contribution in [3.63, 3.8) is 0 Å². The Hall–Kier alpha value is -1.22. The van der Waals surface area contributed by atoms with E-state index in [1.807, 2.05) is 24.3 Å². The number of hydrogen-bond donors (Lipinski definition) is 2. The average Bonchev–Trinajstić information content (AvgIpc) is 2.31. The number of hydrogen-bond acceptors (Lipinski definition) is 1. The lowest BCUT2D eigenvalue weighted by molar-refractivity contribution is 0.636. The van der Waals surface area contributed by atoms with Crippen molar-refractivity contribution in [2.24, 2.45) is 10.7 Å². The van der Waals surface area contributed by atoms with Crippen LogP contribution in [-0.2, 0) is 6.42 Å². The van der Waals surface area contributed by atoms with Crippen LogP contribution in [0.15, 0.2) is 29.3 Å². The monoisotopic (exact) mass is 253 g/mol. The Labute approximate surface area is 108 Å². The summed E-state index contributed by atoms with van der Waals surface area (Å²) in [6.07, 6.45) is 1.84. The Bertz CT molecular complexity index is 377. The van der Waals surface area contributed by atoms with E-state index in [9.17, 15) is 0 Å². The highest BCUT2D eigenvalue weighted by molar-refractivity contribution is 6.31. The largest absolute Gasteiger partial charge is 0.370 e. The molecule has 1 rings (SSSR count). The van der Waals surface area contributed by atoms with Crippen molar-refractivity contribution in [2.45, 2.75) is 32.7 Å². The fraction of sp³-hybridized carbons (Fsp3) is 0.462. The molecule has 1 atom stereocenters. The molecule has 0 fully saturated rings. The van der Waals surface area contributed by atoms with Gasteiger partial charge < -0.3 is 11.1 Å². The van der Waals surface area contributed by atoms with E-state index in [-0.39, 0.29) is 0 Å². The lowest BCUT2D eigenvalue weighted by atomic mass is 10.1. The van der Waals surface area contributed by atoms with Crippen LogP contribution in [0.25, 0.3) is 0 Å². The van der Waals surface area contributed by atoms with Crippen LogP contribution >= 0.6 is 11.6 Å². The second-order valence-electron chi connectivity index (χ2n) is 4.06. The van der Waals surface area contributed by atoms with Crippen LogP contribution in [0.4, 0.5) is 0 Å². The molecule has 0 aliphatic carbocycles. The van der Waals surface area contributed by atoms with E-state index in [1.165, 1.54) is 0 Å². The van der Waals surface area contributed by atoms with Crippen molar-refractivity contribution < 1.29 is 0 Å². The van der Waals surface area contributed by atoms with Crippen LogP contribution in [0.1, 0.15) is 25.8 Å². The summed E-state index contributed by atoms with van der Waals surface area (Å²) >= 11 is 6.05. The number of rotatable bonds is 5. The Morgan fingerprint density at radius 3 is 2.82 bits per heavy atom. The fourth-order valence-corrected chi connectivity index (χ4v) is 1.63. The van der Waals surface area contributed by atoms with Gasteiger partial charge in [0, 0.05) is 17.6 Å². The molecule has 0 saturated carbocycles. The zero-order valence-corrected chi connectivity index (χ0v) is 11.2. The highest BCUT2D eigenvalue weighted by atomic mass is 35.5. The fourth-order valence-electron chi connectivity index (χ4n) is 1.40. The van der Waals surface area contributed by atoms with Gasteiger partial charge in [0.15, 0.2) is 5.96 Å². The highest BCUT2D eigenvalue weighted by Gasteiger charge is 2.00. The maximum Gasteiger partial charge on any atom is 0.188 e. The normalized spacial score (nSPS) is 13.5. The molecule has 0 heterocycles. The van der Waals surface area contributed by atoms with Gasteiger partial charge in [-0.25, -0.2) is 0 Å². The van der Waals surface area contributed by atoms with Crippen LogP contribution in [0.2, 0.25) is 5.02 Å². The Morgan fingerprint density at radius 1 is 1.47 bits per heavy atom. The molecule has 0 aliphatic heterocycles. The molecular weight excluding hydrogens is 234 g/mol. The summed E-state index contributed by atoms with van der Waals surface area (Å²) in [5.74, 6) is 0.506. The molecule has 17 heavy (non-hydrogen) atoms. The van der Waals surface area contributed by atoms with Gasteiger partial charge in [0.2, 0.25) is 0 Å². The van der Waals surface area contributed by atoms with Gasteiger partial charge in [0.05, 0.1) is 0 Å². The molecule has 0 amide bonds. The minimum absolute atomic E-state index is 0.360. The van der Waals surface area contributed by atoms with Crippen molar-refractivity contribution in [3.05, 3.63) is 34.9 Å². The molecule has 0 radical (unpaired) electrons. The third kappa shape index (κ3) is 5.09. The molecule has 0 spiro atoms. The molecule has 0 saturated heterocycles. The standard InChI is InChI=1S/C13H20ClN3/c1-3-10(2)17-13(15)16-9-8-11-6-4-5-7-12(11)14/h4-7,10H,3,8-9H2,1-2H3,(H3,15,16,17). The number of nitrogens with zero attached hydrogens (tertiary/aromatic N) is 1. The summed E-state index contributed by atoms with van der Waals surface area (Å²) in [6, 6.07) is 8.16. The number of nitrogens with one attached hydrogen (secondary N) is 1. The third-order valence-electron chi connectivity index (χ3n) is 2.63. The topological polar surface area (TPSA) is 50.4 Å². The first-order chi connectivity index (χ1) is 8.13. The zero-order chi connectivity index (χ0) is 12.7. The molecule has 1 unspecified atom stereocenters. The Morgan fingerprint density at radius 2 is 2.18 bits per heavy atom. The number of nitrogens with two attached hydrogens (primary N) is 1. The molecule has 0 aromatic heterocycles. The molecular formula is C13H20ClN3. The molecule has 0 aliphatic rings. The van der Waals surface area contributed by atoms with Gasteiger partial charge in [-0.3, -0.25) is 4.99 Å². The SMILES string of the molecule is CCC(C)NC(N)=NCCc1ccccc1Cl. The molecule has 94 valence electrons. The van der Waals surface area contributed by atoms with E-state index in [0.29, 0.717) is 18.5 Å². The maximum atomic E-state index is 6.05. The van der Waals surface area contributed by atoms with Gasteiger partial charge in [-0.2, -0.15) is 0 Å². The van der Waals surface area contributed by atoms with Crippen molar-refractivity contribution >= 4 is 17.6 Å². The van der Waals surface area contributed by atoms with Crippen molar-refractivity contribution in [1.82, 2.24) is 5.32 Å². The van der Waals surface area contributed by atoms with E-state index in [2.05, 4.69) is 24.2 Å². The maximum absolute atomic E-state index is 6.05. The van der Waals surface area contributed by atoms with Gasteiger partial charge in [-0.1, -0.05) is 36.7 Å². The smallest absolute Gasteiger partial charge is 0.188 e. The van der Waals surface area contributed by atoms with Crippen LogP contribution in [-0.4, -0.2) is 18.5 Å². The second kappa shape index (κ2) is 7.17. The van der Waals surface area contributed by atoms with Crippen LogP contribution < -0.4 is 11.1 Å². The van der Waals surface area contributed by atoms with E-state index in [1.54, 1.807) is 0 Å². The quantitative estimate of drug-likeness (QED) is 0.626. The average molecular weight is 254 g/mol. The lowest BCUT2D eigenvalue weighted by Crippen LogP contribution is -2.38. The zero-order valence-electron chi connectivity index (χ0n) is 10.4. The predicted molar refractivity (Wildman–Crippen MR) is 74.5 cm³/mol. The lowest BCUT2D eigenvalue weighted by Gasteiger charge is -2.11. The summed E-state index contributed by atoms with van der Waals surface area (Å²) in [5, 5.41) is 3.91. The third-order valence-corrected chi connectivity index (χ3v) is 3.00. The summed E-state index contributed by atoms with van der Waals surface area (Å²) in [5.41, 5.74) is 6.86. The second-order valence-corrected chi connectivity index (χ2v) is 4.47. The summed E-state index contributed by atoms with van der Waals surface area (Å²) in [4.78, 5) is 4.27. The molecule has 1 aromatic rings. The van der Waals surface area contributed by atoms with Gasteiger partial charge >= 0.3 is 0 Å².